The number of phenolic OH excluding ortho intramolecular Hbond substituents is 1. The van der Waals surface area contributed by atoms with Gasteiger partial charge in [-0.05, 0) is 29.8 Å². The molecular formula is C14H13FN2O2. The maximum Gasteiger partial charge on any atom is 0.255 e. The van der Waals surface area contributed by atoms with Crippen molar-refractivity contribution in [3.8, 4) is 5.75 Å². The van der Waals surface area contributed by atoms with Gasteiger partial charge in [-0.25, -0.2) is 4.39 Å². The lowest BCUT2D eigenvalue weighted by Gasteiger charge is -2.08. The summed E-state index contributed by atoms with van der Waals surface area (Å²) in [7, 11) is 0. The molecule has 4 N–H and O–H groups in total. The van der Waals surface area contributed by atoms with Crippen LogP contribution in [-0.2, 0) is 6.54 Å². The van der Waals surface area contributed by atoms with Gasteiger partial charge in [0.2, 0.25) is 0 Å². The minimum absolute atomic E-state index is 0.0939. The lowest BCUT2D eigenvalue weighted by molar-refractivity contribution is 0.0948. The van der Waals surface area contributed by atoms with Gasteiger partial charge in [-0.1, -0.05) is 18.2 Å². The first-order valence-electron chi connectivity index (χ1n) is 5.68. The van der Waals surface area contributed by atoms with Crippen LogP contribution in [0, 0.1) is 5.82 Å². The number of carbonyl (C=O) groups excluding carboxylic acids is 1. The van der Waals surface area contributed by atoms with Crippen LogP contribution < -0.4 is 11.1 Å². The van der Waals surface area contributed by atoms with E-state index >= 15 is 0 Å². The molecule has 0 aromatic heterocycles. The normalized spacial score (nSPS) is 10.2. The van der Waals surface area contributed by atoms with Gasteiger partial charge in [-0.2, -0.15) is 0 Å². The highest BCUT2D eigenvalue weighted by atomic mass is 19.1. The van der Waals surface area contributed by atoms with Crippen LogP contribution in [0.4, 0.5) is 10.1 Å². The second kappa shape index (κ2) is 5.39. The van der Waals surface area contributed by atoms with Crippen molar-refractivity contribution in [1.82, 2.24) is 5.32 Å². The molecule has 0 aliphatic heterocycles. The van der Waals surface area contributed by atoms with Crippen molar-refractivity contribution in [1.29, 1.82) is 0 Å². The molecule has 0 saturated carbocycles. The number of nitrogen functional groups attached to an aromatic ring is 1. The monoisotopic (exact) mass is 260 g/mol. The summed E-state index contributed by atoms with van der Waals surface area (Å²) in [6.07, 6.45) is 0. The second-order valence-electron chi connectivity index (χ2n) is 4.06. The molecule has 0 unspecified atom stereocenters. The number of hydrogen-bond donors (Lipinski definition) is 3. The molecule has 0 aliphatic rings. The van der Waals surface area contributed by atoms with Gasteiger partial charge in [-0.15, -0.1) is 0 Å². The van der Waals surface area contributed by atoms with Gasteiger partial charge in [0.15, 0.2) is 5.75 Å². The summed E-state index contributed by atoms with van der Waals surface area (Å²) in [5, 5.41) is 12.3. The summed E-state index contributed by atoms with van der Waals surface area (Å²) < 4.78 is 13.0. The maximum absolute atomic E-state index is 13.0. The Bertz CT molecular complexity index is 614. The molecule has 0 saturated heterocycles. The zero-order chi connectivity index (χ0) is 13.8. The number of nitrogens with one attached hydrogen (secondary N) is 1. The number of rotatable bonds is 3. The summed E-state index contributed by atoms with van der Waals surface area (Å²) >= 11 is 0. The maximum atomic E-state index is 13.0. The number of halogens is 1. The van der Waals surface area contributed by atoms with Crippen LogP contribution in [0.25, 0.3) is 0 Å². The number of amides is 1. The van der Waals surface area contributed by atoms with Crippen LogP contribution >= 0.6 is 0 Å². The molecule has 5 heteroatoms. The molecule has 0 radical (unpaired) electrons. The molecular weight excluding hydrogens is 247 g/mol. The molecule has 2 rings (SSSR count). The van der Waals surface area contributed by atoms with Gasteiger partial charge in [0.05, 0.1) is 11.3 Å². The molecule has 0 bridgehead atoms. The SMILES string of the molecule is Nc1cccc(C(=O)NCc2cccc(F)c2)c1O. The van der Waals surface area contributed by atoms with E-state index in [2.05, 4.69) is 5.32 Å². The fraction of sp³-hybridized carbons (Fsp3) is 0.0714. The van der Waals surface area contributed by atoms with Crippen LogP contribution in [-0.4, -0.2) is 11.0 Å². The lowest BCUT2D eigenvalue weighted by Crippen LogP contribution is -2.23. The molecule has 2 aromatic carbocycles. The van der Waals surface area contributed by atoms with Crippen molar-refractivity contribution in [3.63, 3.8) is 0 Å². The third kappa shape index (κ3) is 3.01. The van der Waals surface area contributed by atoms with E-state index in [1.807, 2.05) is 0 Å². The fourth-order valence-electron chi connectivity index (χ4n) is 1.67. The highest BCUT2D eigenvalue weighted by molar-refractivity contribution is 5.98. The number of nitrogens with two attached hydrogens (primary N) is 1. The van der Waals surface area contributed by atoms with E-state index < -0.39 is 5.91 Å². The van der Waals surface area contributed by atoms with E-state index in [1.165, 1.54) is 24.3 Å². The summed E-state index contributed by atoms with van der Waals surface area (Å²) in [5.74, 6) is -1.08. The van der Waals surface area contributed by atoms with Gasteiger partial charge in [0.25, 0.3) is 5.91 Å². The largest absolute Gasteiger partial charge is 0.505 e. The first-order chi connectivity index (χ1) is 9.08. The predicted octanol–water partition coefficient (Wildman–Crippen LogP) is 2.04. The average Bonchev–Trinajstić information content (AvgIpc) is 2.39. The van der Waals surface area contributed by atoms with Crippen molar-refractivity contribution in [3.05, 3.63) is 59.4 Å². The zero-order valence-electron chi connectivity index (χ0n) is 10.1. The first-order valence-corrected chi connectivity index (χ1v) is 5.68. The molecule has 98 valence electrons. The Labute approximate surface area is 109 Å². The van der Waals surface area contributed by atoms with Crippen LogP contribution in [0.15, 0.2) is 42.5 Å². The number of para-hydroxylation sites is 1. The van der Waals surface area contributed by atoms with Crippen LogP contribution in [0.1, 0.15) is 15.9 Å². The van der Waals surface area contributed by atoms with Crippen molar-refractivity contribution in [2.24, 2.45) is 0 Å². The Morgan fingerprint density at radius 1 is 1.26 bits per heavy atom. The second-order valence-corrected chi connectivity index (χ2v) is 4.06. The van der Waals surface area contributed by atoms with Crippen molar-refractivity contribution < 1.29 is 14.3 Å². The Morgan fingerprint density at radius 3 is 2.74 bits per heavy atom. The predicted molar refractivity (Wildman–Crippen MR) is 70.1 cm³/mol. The minimum Gasteiger partial charge on any atom is -0.505 e. The highest BCUT2D eigenvalue weighted by Gasteiger charge is 2.12. The zero-order valence-corrected chi connectivity index (χ0v) is 10.1. The standard InChI is InChI=1S/C14H13FN2O2/c15-10-4-1-3-9(7-10)8-17-14(19)11-5-2-6-12(16)13(11)18/h1-7,18H,8,16H2,(H,17,19). The van der Waals surface area contributed by atoms with Gasteiger partial charge < -0.3 is 16.2 Å². The van der Waals surface area contributed by atoms with Gasteiger partial charge in [0, 0.05) is 6.54 Å². The third-order valence-corrected chi connectivity index (χ3v) is 2.65. The third-order valence-electron chi connectivity index (χ3n) is 2.65. The molecule has 19 heavy (non-hydrogen) atoms. The fourth-order valence-corrected chi connectivity index (χ4v) is 1.67. The Kier molecular flexibility index (Phi) is 3.66. The van der Waals surface area contributed by atoms with Gasteiger partial charge in [-0.3, -0.25) is 4.79 Å². The van der Waals surface area contributed by atoms with Crippen LogP contribution in [0.5, 0.6) is 5.75 Å². The highest BCUT2D eigenvalue weighted by Crippen LogP contribution is 2.24. The Morgan fingerprint density at radius 2 is 2.00 bits per heavy atom. The summed E-state index contributed by atoms with van der Waals surface area (Å²) in [6.45, 7) is 0.171. The molecule has 4 nitrogen and oxygen atoms in total. The molecule has 0 atom stereocenters. The number of phenols is 1. The number of carbonyl (C=O) groups is 1. The van der Waals surface area contributed by atoms with Gasteiger partial charge >= 0.3 is 0 Å². The van der Waals surface area contributed by atoms with E-state index in [9.17, 15) is 14.3 Å². The summed E-state index contributed by atoms with van der Waals surface area (Å²) in [5.41, 5.74) is 6.37. The van der Waals surface area contributed by atoms with E-state index in [1.54, 1.807) is 18.2 Å². The smallest absolute Gasteiger partial charge is 0.255 e. The van der Waals surface area contributed by atoms with E-state index in [0.717, 1.165) is 0 Å². The summed E-state index contributed by atoms with van der Waals surface area (Å²) in [6, 6.07) is 10.5. The van der Waals surface area contributed by atoms with Crippen molar-refractivity contribution in [2.45, 2.75) is 6.54 Å². The van der Waals surface area contributed by atoms with Crippen molar-refractivity contribution in [2.75, 3.05) is 5.73 Å². The lowest BCUT2D eigenvalue weighted by atomic mass is 10.1. The molecule has 0 heterocycles. The Hall–Kier alpha value is -2.56. The topological polar surface area (TPSA) is 75.4 Å². The van der Waals surface area contributed by atoms with E-state index in [-0.39, 0.29) is 29.4 Å². The number of anilines is 1. The summed E-state index contributed by atoms with van der Waals surface area (Å²) in [4.78, 5) is 11.9. The van der Waals surface area contributed by atoms with E-state index in [4.69, 9.17) is 5.73 Å². The van der Waals surface area contributed by atoms with Crippen LogP contribution in [0.3, 0.4) is 0 Å². The molecule has 0 spiro atoms. The molecule has 0 aliphatic carbocycles. The number of hydrogen-bond acceptors (Lipinski definition) is 3. The van der Waals surface area contributed by atoms with E-state index in [0.29, 0.717) is 5.56 Å². The average molecular weight is 260 g/mol. The van der Waals surface area contributed by atoms with Crippen LogP contribution in [0.2, 0.25) is 0 Å². The molecule has 0 fully saturated rings. The number of aromatic hydroxyl groups is 1. The molecule has 1 amide bonds. The first kappa shape index (κ1) is 12.9. The number of benzene rings is 2. The van der Waals surface area contributed by atoms with Crippen molar-refractivity contribution >= 4 is 11.6 Å². The van der Waals surface area contributed by atoms with Gasteiger partial charge in [0.1, 0.15) is 5.82 Å². The quantitative estimate of drug-likeness (QED) is 0.584. The Balaban J connectivity index is 2.08. The minimum atomic E-state index is -0.464. The molecule has 2 aromatic rings.